The fraction of sp³-hybridized carbons (Fsp3) is 0.318. The van der Waals surface area contributed by atoms with E-state index in [-0.39, 0.29) is 39.4 Å². The third-order valence-electron chi connectivity index (χ3n) is 5.60. The molecule has 0 amide bonds. The molecule has 2 aromatic carbocycles. The predicted octanol–water partition coefficient (Wildman–Crippen LogP) is 1.13. The number of phenolic OH excluding ortho intramolecular Hbond substituents is 2. The largest absolute Gasteiger partial charge is 0.507 e. The molecule has 0 aliphatic carbocycles. The molecule has 1 saturated heterocycles. The number of rotatable bonds is 3. The molecule has 1 fully saturated rings. The van der Waals surface area contributed by atoms with Crippen molar-refractivity contribution in [1.82, 2.24) is 0 Å². The van der Waals surface area contributed by atoms with Crippen LogP contribution in [0.3, 0.4) is 0 Å². The van der Waals surface area contributed by atoms with Crippen LogP contribution in [0.2, 0.25) is 0 Å². The summed E-state index contributed by atoms with van der Waals surface area (Å²) in [5, 5.41) is 60.7. The third kappa shape index (κ3) is 3.43. The molecule has 3 aromatic rings. The molecule has 1 aliphatic heterocycles. The molecule has 0 spiro atoms. The first kappa shape index (κ1) is 21.9. The molecule has 10 heteroatoms. The van der Waals surface area contributed by atoms with E-state index in [9.17, 15) is 35.4 Å². The lowest BCUT2D eigenvalue weighted by Gasteiger charge is -2.39. The number of fused-ring (bicyclic) bond motifs is 1. The maximum Gasteiger partial charge on any atom is 0.238 e. The van der Waals surface area contributed by atoms with Crippen molar-refractivity contribution in [2.75, 3.05) is 7.11 Å². The molecule has 0 radical (unpaired) electrons. The lowest BCUT2D eigenvalue weighted by atomic mass is 9.91. The molecule has 4 rings (SSSR count). The zero-order chi connectivity index (χ0) is 23.3. The predicted molar refractivity (Wildman–Crippen MR) is 111 cm³/mol. The van der Waals surface area contributed by atoms with E-state index in [1.54, 1.807) is 0 Å². The van der Waals surface area contributed by atoms with E-state index in [1.165, 1.54) is 38.3 Å². The second-order valence-electron chi connectivity index (χ2n) is 7.64. The maximum absolute atomic E-state index is 12.8. The molecular weight excluding hydrogens is 424 g/mol. The van der Waals surface area contributed by atoms with Crippen molar-refractivity contribution in [2.45, 2.75) is 37.4 Å². The summed E-state index contributed by atoms with van der Waals surface area (Å²) in [6.45, 7) is 1.52. The maximum atomic E-state index is 12.8. The van der Waals surface area contributed by atoms with Crippen LogP contribution in [0.1, 0.15) is 18.6 Å². The van der Waals surface area contributed by atoms with Crippen LogP contribution in [0.15, 0.2) is 39.5 Å². The molecule has 5 atom stereocenters. The van der Waals surface area contributed by atoms with Crippen LogP contribution in [-0.2, 0) is 4.74 Å². The molecule has 2 heterocycles. The standard InChI is InChI=1S/C22H22O10/c1-8-16(25)18(27)20(29)22(31-8)10-5-12(24)15-14(7-10)32-21(19(28)17(15)26)9-3-4-11(23)13(6-9)30-2/h3-8,16,18,20,22-25,27-29H,1-2H3. The lowest BCUT2D eigenvalue weighted by molar-refractivity contribution is -0.219. The zero-order valence-electron chi connectivity index (χ0n) is 17.1. The Morgan fingerprint density at radius 3 is 2.34 bits per heavy atom. The highest BCUT2D eigenvalue weighted by Gasteiger charge is 2.42. The third-order valence-corrected chi connectivity index (χ3v) is 5.60. The Bertz CT molecular complexity index is 1230. The minimum atomic E-state index is -1.51. The van der Waals surface area contributed by atoms with Gasteiger partial charge in [0.05, 0.1) is 13.2 Å². The molecule has 0 bridgehead atoms. The molecule has 10 nitrogen and oxygen atoms in total. The molecule has 1 aromatic heterocycles. The van der Waals surface area contributed by atoms with Gasteiger partial charge in [0, 0.05) is 5.56 Å². The summed E-state index contributed by atoms with van der Waals surface area (Å²) in [6, 6.07) is 6.55. The molecule has 170 valence electrons. The Hall–Kier alpha value is -3.31. The van der Waals surface area contributed by atoms with Crippen LogP contribution in [-0.4, -0.2) is 62.2 Å². The van der Waals surface area contributed by atoms with E-state index in [4.69, 9.17) is 13.9 Å². The summed E-state index contributed by atoms with van der Waals surface area (Å²) < 4.78 is 16.4. The summed E-state index contributed by atoms with van der Waals surface area (Å²) in [5.74, 6) is -1.58. The van der Waals surface area contributed by atoms with E-state index in [0.29, 0.717) is 0 Å². The van der Waals surface area contributed by atoms with Crippen LogP contribution in [0.25, 0.3) is 22.3 Å². The molecule has 1 aliphatic rings. The first-order chi connectivity index (χ1) is 15.1. The number of phenols is 2. The Morgan fingerprint density at radius 1 is 0.938 bits per heavy atom. The van der Waals surface area contributed by atoms with E-state index in [2.05, 4.69) is 0 Å². The number of hydrogen-bond donors (Lipinski definition) is 6. The van der Waals surface area contributed by atoms with Gasteiger partial charge < -0.3 is 44.5 Å². The van der Waals surface area contributed by atoms with Gasteiger partial charge in [-0.05, 0) is 42.8 Å². The van der Waals surface area contributed by atoms with E-state index < -0.39 is 47.4 Å². The van der Waals surface area contributed by atoms with E-state index in [0.717, 1.165) is 6.07 Å². The van der Waals surface area contributed by atoms with Gasteiger partial charge in [0.1, 0.15) is 41.1 Å². The SMILES string of the molecule is COc1cc(-c2oc3cc(C4OC(C)C(O)C(O)C4O)cc(O)c3c(=O)c2O)ccc1O. The van der Waals surface area contributed by atoms with Crippen molar-refractivity contribution >= 4 is 11.0 Å². The van der Waals surface area contributed by atoms with Gasteiger partial charge in [0.2, 0.25) is 11.2 Å². The quantitative estimate of drug-likeness (QED) is 0.343. The molecule has 0 saturated carbocycles. The van der Waals surface area contributed by atoms with Crippen molar-refractivity contribution in [1.29, 1.82) is 0 Å². The summed E-state index contributed by atoms with van der Waals surface area (Å²) in [4.78, 5) is 12.8. The monoisotopic (exact) mass is 446 g/mol. The number of aliphatic hydroxyl groups excluding tert-OH is 3. The smallest absolute Gasteiger partial charge is 0.238 e. The Kier molecular flexibility index (Phi) is 5.47. The summed E-state index contributed by atoms with van der Waals surface area (Å²) in [6.07, 6.45) is -6.25. The van der Waals surface area contributed by atoms with Crippen LogP contribution < -0.4 is 10.2 Å². The van der Waals surface area contributed by atoms with Crippen molar-refractivity contribution in [3.05, 3.63) is 46.1 Å². The van der Waals surface area contributed by atoms with Crippen LogP contribution in [0, 0.1) is 0 Å². The number of aromatic hydroxyl groups is 3. The summed E-state index contributed by atoms with van der Waals surface area (Å²) in [7, 11) is 1.33. The van der Waals surface area contributed by atoms with Gasteiger partial charge in [-0.15, -0.1) is 0 Å². The Labute approximate surface area is 181 Å². The van der Waals surface area contributed by atoms with Crippen molar-refractivity contribution in [2.24, 2.45) is 0 Å². The van der Waals surface area contributed by atoms with Gasteiger partial charge in [-0.1, -0.05) is 0 Å². The summed E-state index contributed by atoms with van der Waals surface area (Å²) in [5.41, 5.74) is -0.606. The highest BCUT2D eigenvalue weighted by molar-refractivity contribution is 5.87. The Morgan fingerprint density at radius 2 is 1.66 bits per heavy atom. The second-order valence-corrected chi connectivity index (χ2v) is 7.64. The highest BCUT2D eigenvalue weighted by Crippen LogP contribution is 2.40. The van der Waals surface area contributed by atoms with Gasteiger partial charge in [-0.2, -0.15) is 0 Å². The number of methoxy groups -OCH3 is 1. The van der Waals surface area contributed by atoms with Gasteiger partial charge >= 0.3 is 0 Å². The van der Waals surface area contributed by atoms with Crippen molar-refractivity contribution in [3.8, 4) is 34.3 Å². The highest BCUT2D eigenvalue weighted by atomic mass is 16.5. The fourth-order valence-electron chi connectivity index (χ4n) is 3.82. The minimum Gasteiger partial charge on any atom is -0.507 e. The fourth-order valence-corrected chi connectivity index (χ4v) is 3.82. The molecule has 5 unspecified atom stereocenters. The number of ether oxygens (including phenoxy) is 2. The molecular formula is C22H22O10. The number of aliphatic hydroxyl groups is 3. The summed E-state index contributed by atoms with van der Waals surface area (Å²) >= 11 is 0. The van der Waals surface area contributed by atoms with Gasteiger partial charge in [0.15, 0.2) is 17.3 Å². The topological polar surface area (TPSA) is 170 Å². The van der Waals surface area contributed by atoms with Crippen LogP contribution >= 0.6 is 0 Å². The first-order valence-electron chi connectivity index (χ1n) is 9.73. The minimum absolute atomic E-state index is 0.0847. The van der Waals surface area contributed by atoms with Crippen LogP contribution in [0.4, 0.5) is 0 Å². The number of hydrogen-bond acceptors (Lipinski definition) is 10. The van der Waals surface area contributed by atoms with E-state index >= 15 is 0 Å². The van der Waals surface area contributed by atoms with Crippen molar-refractivity contribution in [3.63, 3.8) is 0 Å². The molecule has 32 heavy (non-hydrogen) atoms. The lowest BCUT2D eigenvalue weighted by Crippen LogP contribution is -2.53. The van der Waals surface area contributed by atoms with Crippen LogP contribution in [0.5, 0.6) is 23.0 Å². The van der Waals surface area contributed by atoms with Crippen molar-refractivity contribution < 1.29 is 44.5 Å². The second kappa shape index (κ2) is 7.99. The average molecular weight is 446 g/mol. The average Bonchev–Trinajstić information content (AvgIpc) is 2.77. The number of benzene rings is 2. The first-order valence-corrected chi connectivity index (χ1v) is 9.73. The van der Waals surface area contributed by atoms with Gasteiger partial charge in [-0.25, -0.2) is 0 Å². The Balaban J connectivity index is 1.89. The van der Waals surface area contributed by atoms with Gasteiger partial charge in [-0.3, -0.25) is 4.79 Å². The van der Waals surface area contributed by atoms with E-state index in [1.807, 2.05) is 0 Å². The van der Waals surface area contributed by atoms with Gasteiger partial charge in [0.25, 0.3) is 0 Å². The molecule has 6 N–H and O–H groups in total. The normalized spacial score (nSPS) is 25.7. The zero-order valence-corrected chi connectivity index (χ0v) is 17.1.